The maximum Gasteiger partial charge on any atom is 0.513 e. The van der Waals surface area contributed by atoms with Gasteiger partial charge in [0.15, 0.2) is 0 Å². The molecule has 3 heteroatoms. The number of carbonyl (C=O) groups excluding carboxylic acids is 1. The molecule has 0 aliphatic carbocycles. The van der Waals surface area contributed by atoms with Crippen molar-refractivity contribution < 1.29 is 14.3 Å². The number of hydrogen-bond donors (Lipinski definition) is 0. The molecule has 0 atom stereocenters. The van der Waals surface area contributed by atoms with E-state index in [0.29, 0.717) is 0 Å². The summed E-state index contributed by atoms with van der Waals surface area (Å²) in [6.07, 6.45) is 11.0. The van der Waals surface area contributed by atoms with E-state index in [4.69, 9.17) is 4.74 Å². The zero-order valence-electron chi connectivity index (χ0n) is 13.8. The highest BCUT2D eigenvalue weighted by Crippen LogP contribution is 2.11. The minimum Gasteiger partial charge on any atom is -0.430 e. The SMILES string of the molecule is C=COC(=O)OC/C=C(\C)CC/C=C(\C)CCC=C(C)C. The maximum absolute atomic E-state index is 10.9. The van der Waals surface area contributed by atoms with E-state index in [1.165, 1.54) is 16.7 Å². The van der Waals surface area contributed by atoms with Crippen molar-refractivity contribution in [3.63, 3.8) is 0 Å². The van der Waals surface area contributed by atoms with E-state index in [1.807, 2.05) is 13.0 Å². The Bertz CT molecular complexity index is 410. The average Bonchev–Trinajstić information content (AvgIpc) is 2.38. The van der Waals surface area contributed by atoms with Gasteiger partial charge in [0, 0.05) is 0 Å². The van der Waals surface area contributed by atoms with Crippen LogP contribution in [0.5, 0.6) is 0 Å². The van der Waals surface area contributed by atoms with Gasteiger partial charge in [-0.25, -0.2) is 4.79 Å². The molecule has 0 aliphatic rings. The minimum atomic E-state index is -0.718. The summed E-state index contributed by atoms with van der Waals surface area (Å²) in [6, 6.07) is 0. The van der Waals surface area contributed by atoms with Gasteiger partial charge in [-0.1, -0.05) is 35.5 Å². The second-order valence-corrected chi connectivity index (χ2v) is 5.31. The lowest BCUT2D eigenvalue weighted by Crippen LogP contribution is -2.03. The molecule has 0 amide bonds. The quantitative estimate of drug-likeness (QED) is 0.310. The monoisotopic (exact) mass is 292 g/mol. The van der Waals surface area contributed by atoms with E-state index in [0.717, 1.165) is 31.9 Å². The van der Waals surface area contributed by atoms with Gasteiger partial charge in [-0.05, 0) is 59.5 Å². The summed E-state index contributed by atoms with van der Waals surface area (Å²) in [4.78, 5) is 10.9. The van der Waals surface area contributed by atoms with Gasteiger partial charge in [-0.15, -0.1) is 0 Å². The first-order valence-electron chi connectivity index (χ1n) is 7.34. The lowest BCUT2D eigenvalue weighted by atomic mass is 10.1. The van der Waals surface area contributed by atoms with Crippen LogP contribution in [-0.2, 0) is 9.47 Å². The van der Waals surface area contributed by atoms with E-state index < -0.39 is 6.16 Å². The Labute approximate surface area is 129 Å². The van der Waals surface area contributed by atoms with Crippen molar-refractivity contribution in [3.05, 3.63) is 47.8 Å². The largest absolute Gasteiger partial charge is 0.513 e. The van der Waals surface area contributed by atoms with E-state index in [2.05, 4.69) is 44.2 Å². The molecule has 0 unspecified atom stereocenters. The van der Waals surface area contributed by atoms with Crippen LogP contribution < -0.4 is 0 Å². The summed E-state index contributed by atoms with van der Waals surface area (Å²) >= 11 is 0. The topological polar surface area (TPSA) is 35.5 Å². The molecule has 0 heterocycles. The van der Waals surface area contributed by atoms with Crippen LogP contribution in [0.1, 0.15) is 53.4 Å². The summed E-state index contributed by atoms with van der Waals surface area (Å²) in [5, 5.41) is 0. The molecular weight excluding hydrogens is 264 g/mol. The van der Waals surface area contributed by atoms with Crippen LogP contribution in [0.4, 0.5) is 4.79 Å². The standard InChI is InChI=1S/C18H28O3/c1-6-20-18(19)21-14-13-17(5)12-8-11-16(4)10-7-9-15(2)3/h6,9,11,13H,1,7-8,10,12,14H2,2-5H3/b16-11+,17-13+. The number of allylic oxidation sites excluding steroid dienone is 5. The Balaban J connectivity index is 3.90. The molecule has 0 aromatic heterocycles. The van der Waals surface area contributed by atoms with Crippen molar-refractivity contribution in [1.29, 1.82) is 0 Å². The molecule has 0 saturated heterocycles. The van der Waals surface area contributed by atoms with Crippen molar-refractivity contribution >= 4 is 6.16 Å². The zero-order valence-corrected chi connectivity index (χ0v) is 13.8. The molecule has 3 nitrogen and oxygen atoms in total. The lowest BCUT2D eigenvalue weighted by Gasteiger charge is -2.02. The third kappa shape index (κ3) is 13.0. The molecule has 0 aromatic rings. The van der Waals surface area contributed by atoms with E-state index in [1.54, 1.807) is 0 Å². The van der Waals surface area contributed by atoms with E-state index in [-0.39, 0.29) is 6.61 Å². The van der Waals surface area contributed by atoms with Gasteiger partial charge in [-0.3, -0.25) is 0 Å². The van der Waals surface area contributed by atoms with Crippen molar-refractivity contribution in [1.82, 2.24) is 0 Å². The van der Waals surface area contributed by atoms with Gasteiger partial charge < -0.3 is 9.47 Å². The number of ether oxygens (including phenoxy) is 2. The summed E-state index contributed by atoms with van der Waals surface area (Å²) in [6.45, 7) is 12.0. The second kappa shape index (κ2) is 12.0. The predicted molar refractivity (Wildman–Crippen MR) is 88.0 cm³/mol. The van der Waals surface area contributed by atoms with Crippen LogP contribution in [0.2, 0.25) is 0 Å². The van der Waals surface area contributed by atoms with Crippen LogP contribution in [0, 0.1) is 0 Å². The number of hydrogen-bond acceptors (Lipinski definition) is 3. The summed E-state index contributed by atoms with van der Waals surface area (Å²) < 4.78 is 9.28. The molecule has 0 saturated carbocycles. The van der Waals surface area contributed by atoms with Gasteiger partial charge in [0.25, 0.3) is 0 Å². The zero-order chi connectivity index (χ0) is 16.1. The van der Waals surface area contributed by atoms with Crippen LogP contribution in [0.3, 0.4) is 0 Å². The molecule has 0 spiro atoms. The minimum absolute atomic E-state index is 0.238. The highest BCUT2D eigenvalue weighted by molar-refractivity contribution is 5.60. The third-order valence-corrected chi connectivity index (χ3v) is 2.94. The fourth-order valence-electron chi connectivity index (χ4n) is 1.69. The van der Waals surface area contributed by atoms with Crippen LogP contribution >= 0.6 is 0 Å². The molecule has 0 radical (unpaired) electrons. The molecule has 0 bridgehead atoms. The fourth-order valence-corrected chi connectivity index (χ4v) is 1.69. The Morgan fingerprint density at radius 2 is 1.52 bits per heavy atom. The first-order chi connectivity index (χ1) is 9.95. The Morgan fingerprint density at radius 3 is 2.10 bits per heavy atom. The smallest absolute Gasteiger partial charge is 0.430 e. The fraction of sp³-hybridized carbons (Fsp3) is 0.500. The first kappa shape index (κ1) is 19.2. The van der Waals surface area contributed by atoms with Crippen molar-refractivity contribution in [3.8, 4) is 0 Å². The highest BCUT2D eigenvalue weighted by Gasteiger charge is 1.98. The van der Waals surface area contributed by atoms with Gasteiger partial charge in [-0.2, -0.15) is 0 Å². The molecule has 118 valence electrons. The van der Waals surface area contributed by atoms with Gasteiger partial charge >= 0.3 is 6.16 Å². The number of carbonyl (C=O) groups is 1. The van der Waals surface area contributed by atoms with Gasteiger partial charge in [0.05, 0.1) is 6.26 Å². The van der Waals surface area contributed by atoms with Crippen molar-refractivity contribution in [2.45, 2.75) is 53.4 Å². The van der Waals surface area contributed by atoms with Crippen LogP contribution in [-0.4, -0.2) is 12.8 Å². The van der Waals surface area contributed by atoms with Crippen LogP contribution in [0.25, 0.3) is 0 Å². The Morgan fingerprint density at radius 1 is 0.952 bits per heavy atom. The average molecular weight is 292 g/mol. The molecule has 0 fully saturated rings. The molecule has 0 aliphatic heterocycles. The lowest BCUT2D eigenvalue weighted by molar-refractivity contribution is 0.0945. The summed E-state index contributed by atoms with van der Waals surface area (Å²) in [5.41, 5.74) is 4.00. The third-order valence-electron chi connectivity index (χ3n) is 2.94. The summed E-state index contributed by atoms with van der Waals surface area (Å²) in [7, 11) is 0. The molecule has 0 N–H and O–H groups in total. The molecule has 0 rings (SSSR count). The normalized spacial score (nSPS) is 11.8. The highest BCUT2D eigenvalue weighted by atomic mass is 16.7. The molecular formula is C18H28O3. The van der Waals surface area contributed by atoms with Gasteiger partial charge in [0.2, 0.25) is 0 Å². The van der Waals surface area contributed by atoms with Gasteiger partial charge in [0.1, 0.15) is 6.61 Å². The predicted octanol–water partition coefficient (Wildman–Crippen LogP) is 5.70. The Hall–Kier alpha value is -1.77. The first-order valence-corrected chi connectivity index (χ1v) is 7.34. The van der Waals surface area contributed by atoms with Crippen LogP contribution in [0.15, 0.2) is 47.8 Å². The maximum atomic E-state index is 10.9. The molecule has 21 heavy (non-hydrogen) atoms. The van der Waals surface area contributed by atoms with E-state index >= 15 is 0 Å². The number of rotatable bonds is 9. The second-order valence-electron chi connectivity index (χ2n) is 5.31. The Kier molecular flexibility index (Phi) is 11.0. The van der Waals surface area contributed by atoms with Crippen molar-refractivity contribution in [2.24, 2.45) is 0 Å². The van der Waals surface area contributed by atoms with Crippen molar-refractivity contribution in [2.75, 3.05) is 6.61 Å². The molecule has 0 aromatic carbocycles. The van der Waals surface area contributed by atoms with E-state index in [9.17, 15) is 4.79 Å². The summed E-state index contributed by atoms with van der Waals surface area (Å²) in [5.74, 6) is 0.